The Labute approximate surface area is 244 Å². The summed E-state index contributed by atoms with van der Waals surface area (Å²) in [6.07, 6.45) is 0.422. The number of nitrogens with zero attached hydrogens (tertiary/aromatic N) is 2. The quantitative estimate of drug-likeness (QED) is 0.462. The first-order chi connectivity index (χ1) is 19.1. The molecule has 2 aliphatic heterocycles. The van der Waals surface area contributed by atoms with Crippen molar-refractivity contribution in [2.24, 2.45) is 11.8 Å². The van der Waals surface area contributed by atoms with E-state index in [4.69, 9.17) is 9.84 Å². The van der Waals surface area contributed by atoms with Crippen LogP contribution in [0.5, 0.6) is 0 Å². The van der Waals surface area contributed by atoms with Gasteiger partial charge in [-0.1, -0.05) is 68.1 Å². The minimum atomic E-state index is -0.888. The maximum atomic E-state index is 12.0. The number of carbonyl (C=O) groups excluding carboxylic acids is 3. The minimum Gasteiger partial charge on any atom is -0.481 e. The predicted octanol–water partition coefficient (Wildman–Crippen LogP) is 4.78. The summed E-state index contributed by atoms with van der Waals surface area (Å²) in [6, 6.07) is 19.5. The van der Waals surface area contributed by atoms with E-state index < -0.39 is 11.9 Å². The Hall–Kier alpha value is -3.56. The molecular weight excluding hydrogens is 524 g/mol. The maximum absolute atomic E-state index is 12.0. The van der Waals surface area contributed by atoms with Crippen LogP contribution in [0.2, 0.25) is 0 Å². The topological polar surface area (TPSA) is 113 Å². The molecule has 0 unspecified atom stereocenters. The highest BCUT2D eigenvalue weighted by Gasteiger charge is 2.37. The summed E-state index contributed by atoms with van der Waals surface area (Å²) >= 11 is 0. The molecule has 9 nitrogen and oxygen atoms in total. The second kappa shape index (κ2) is 18.0. The number of amides is 2. The standard InChI is InChI=1S/C15H19NO3.C13H15NO3.C3H8O.CH4/c1-11(12-6-4-3-5-7-12)16-9-13(8-15(16)18)14(17)10-19-2;1-9(10-5-3-2-4-6-10)14-8-11(13(16)17)7-12(14)15;1-3-4-2;/h3-7,11,13H,8-10H2,1-2H3;2-6,9,11H,7-8H2,1H3,(H,16,17);3H2,1-2H3;1H4/t11-,13-;9-,11-;;/m11../s1. The van der Waals surface area contributed by atoms with Gasteiger partial charge in [-0.25, -0.2) is 0 Å². The summed E-state index contributed by atoms with van der Waals surface area (Å²) in [7, 11) is 3.18. The van der Waals surface area contributed by atoms with Crippen molar-refractivity contribution < 1.29 is 33.8 Å². The van der Waals surface area contributed by atoms with E-state index in [-0.39, 0.29) is 56.1 Å². The predicted molar refractivity (Wildman–Crippen MR) is 158 cm³/mol. The zero-order valence-corrected chi connectivity index (χ0v) is 24.1. The largest absolute Gasteiger partial charge is 0.481 e. The number of hydrogen-bond donors (Lipinski definition) is 1. The molecule has 41 heavy (non-hydrogen) atoms. The van der Waals surface area contributed by atoms with Gasteiger partial charge in [0.2, 0.25) is 11.8 Å². The van der Waals surface area contributed by atoms with E-state index >= 15 is 0 Å². The van der Waals surface area contributed by atoms with Gasteiger partial charge in [0.05, 0.1) is 18.0 Å². The third-order valence-electron chi connectivity index (χ3n) is 7.20. The number of carboxylic acids is 1. The van der Waals surface area contributed by atoms with Crippen molar-refractivity contribution in [3.63, 3.8) is 0 Å². The van der Waals surface area contributed by atoms with E-state index in [2.05, 4.69) is 4.74 Å². The van der Waals surface area contributed by atoms with Crippen molar-refractivity contribution in [2.75, 3.05) is 40.5 Å². The third kappa shape index (κ3) is 10.4. The minimum absolute atomic E-state index is 0. The van der Waals surface area contributed by atoms with Crippen LogP contribution in [0.3, 0.4) is 0 Å². The van der Waals surface area contributed by atoms with Crippen molar-refractivity contribution in [3.05, 3.63) is 71.8 Å². The fourth-order valence-electron chi connectivity index (χ4n) is 4.68. The first kappa shape index (κ1) is 35.5. The number of hydrogen-bond acceptors (Lipinski definition) is 6. The molecule has 0 bridgehead atoms. The van der Waals surface area contributed by atoms with Gasteiger partial charge in [0.1, 0.15) is 6.61 Å². The third-order valence-corrected chi connectivity index (χ3v) is 7.20. The monoisotopic (exact) mass is 570 g/mol. The van der Waals surface area contributed by atoms with E-state index in [0.29, 0.717) is 19.5 Å². The first-order valence-electron chi connectivity index (χ1n) is 13.6. The number of benzene rings is 2. The van der Waals surface area contributed by atoms with Gasteiger partial charge in [0, 0.05) is 52.7 Å². The van der Waals surface area contributed by atoms with Gasteiger partial charge >= 0.3 is 5.97 Å². The van der Waals surface area contributed by atoms with Gasteiger partial charge in [-0.05, 0) is 31.9 Å². The van der Waals surface area contributed by atoms with Crippen LogP contribution in [-0.2, 0) is 28.7 Å². The molecular formula is C32H46N2O7. The number of rotatable bonds is 9. The molecule has 2 heterocycles. The zero-order valence-electron chi connectivity index (χ0n) is 24.1. The molecule has 2 saturated heterocycles. The SMILES string of the molecule is C.CCOC.COCC(=O)[C@@H]1CC(=O)N([C@H](C)c2ccccc2)C1.C[C@H](c1ccccc1)N1C[C@H](C(=O)O)CC1=O. The highest BCUT2D eigenvalue weighted by atomic mass is 16.5. The molecule has 0 aromatic heterocycles. The number of ketones is 1. The summed E-state index contributed by atoms with van der Waals surface area (Å²) in [4.78, 5) is 49.9. The van der Waals surface area contributed by atoms with Crippen molar-refractivity contribution in [1.82, 2.24) is 9.80 Å². The number of aliphatic carboxylic acids is 1. The Morgan fingerprint density at radius 2 is 1.20 bits per heavy atom. The number of ether oxygens (including phenoxy) is 2. The average Bonchev–Trinajstić information content (AvgIpc) is 3.56. The summed E-state index contributed by atoms with van der Waals surface area (Å²) in [5.41, 5.74) is 2.13. The Morgan fingerprint density at radius 3 is 1.54 bits per heavy atom. The van der Waals surface area contributed by atoms with Gasteiger partial charge < -0.3 is 24.4 Å². The molecule has 226 valence electrons. The number of likely N-dealkylation sites (tertiary alicyclic amines) is 2. The Morgan fingerprint density at radius 1 is 0.805 bits per heavy atom. The van der Waals surface area contributed by atoms with E-state index in [1.165, 1.54) is 7.11 Å². The molecule has 4 rings (SSSR count). The van der Waals surface area contributed by atoms with Crippen LogP contribution >= 0.6 is 0 Å². The normalized spacial score (nSPS) is 19.2. The lowest BCUT2D eigenvalue weighted by atomic mass is 10.0. The second-order valence-electron chi connectivity index (χ2n) is 9.88. The molecule has 2 aromatic rings. The van der Waals surface area contributed by atoms with Crippen molar-refractivity contribution in [1.29, 1.82) is 0 Å². The van der Waals surface area contributed by atoms with Crippen LogP contribution in [0, 0.1) is 11.8 Å². The number of methoxy groups -OCH3 is 2. The molecule has 2 amide bonds. The van der Waals surface area contributed by atoms with Gasteiger partial charge in [0.15, 0.2) is 5.78 Å². The molecule has 2 aromatic carbocycles. The Kier molecular flexibility index (Phi) is 15.6. The molecule has 4 atom stereocenters. The van der Waals surface area contributed by atoms with Crippen molar-refractivity contribution >= 4 is 23.6 Å². The van der Waals surface area contributed by atoms with Gasteiger partial charge in [-0.3, -0.25) is 19.2 Å². The van der Waals surface area contributed by atoms with Crippen LogP contribution in [0.4, 0.5) is 0 Å². The summed E-state index contributed by atoms with van der Waals surface area (Å²) in [5.74, 6) is -1.69. The lowest BCUT2D eigenvalue weighted by molar-refractivity contribution is -0.141. The van der Waals surface area contributed by atoms with Gasteiger partial charge in [0.25, 0.3) is 0 Å². The Bertz CT molecular complexity index is 1090. The van der Waals surface area contributed by atoms with Gasteiger partial charge in [-0.15, -0.1) is 0 Å². The summed E-state index contributed by atoms with van der Waals surface area (Å²) in [6.45, 7) is 7.60. The molecule has 0 radical (unpaired) electrons. The van der Waals surface area contributed by atoms with E-state index in [0.717, 1.165) is 17.7 Å². The van der Waals surface area contributed by atoms with Crippen LogP contribution in [0.1, 0.15) is 64.3 Å². The summed E-state index contributed by atoms with van der Waals surface area (Å²) < 4.78 is 9.39. The molecule has 2 aliphatic rings. The number of carbonyl (C=O) groups is 4. The molecule has 9 heteroatoms. The highest BCUT2D eigenvalue weighted by molar-refractivity contribution is 5.91. The van der Waals surface area contributed by atoms with Crippen LogP contribution in [0.15, 0.2) is 60.7 Å². The maximum Gasteiger partial charge on any atom is 0.308 e. The smallest absolute Gasteiger partial charge is 0.308 e. The van der Waals surface area contributed by atoms with E-state index in [9.17, 15) is 19.2 Å². The van der Waals surface area contributed by atoms with Crippen molar-refractivity contribution in [3.8, 4) is 0 Å². The molecule has 2 fully saturated rings. The highest BCUT2D eigenvalue weighted by Crippen LogP contribution is 2.29. The fraction of sp³-hybridized carbons (Fsp3) is 0.500. The van der Waals surface area contributed by atoms with E-state index in [1.54, 1.807) is 16.9 Å². The van der Waals surface area contributed by atoms with Crippen LogP contribution < -0.4 is 0 Å². The van der Waals surface area contributed by atoms with E-state index in [1.807, 2.05) is 81.4 Å². The first-order valence-corrected chi connectivity index (χ1v) is 13.6. The lowest BCUT2D eigenvalue weighted by Crippen LogP contribution is -2.29. The molecule has 0 spiro atoms. The number of carboxylic acid groups (broad SMARTS) is 1. The van der Waals surface area contributed by atoms with Gasteiger partial charge in [-0.2, -0.15) is 0 Å². The van der Waals surface area contributed by atoms with Crippen molar-refractivity contribution in [2.45, 2.75) is 53.1 Å². The zero-order chi connectivity index (χ0) is 29.7. The van der Waals surface area contributed by atoms with Crippen LogP contribution in [0.25, 0.3) is 0 Å². The second-order valence-corrected chi connectivity index (χ2v) is 9.88. The Balaban J connectivity index is 0.000000357. The molecule has 0 saturated carbocycles. The molecule has 0 aliphatic carbocycles. The number of Topliss-reactive ketones (excluding diaryl/α,β-unsaturated/α-hetero) is 1. The lowest BCUT2D eigenvalue weighted by Gasteiger charge is -2.25. The molecule has 1 N–H and O–H groups in total. The van der Waals surface area contributed by atoms with Crippen LogP contribution in [-0.4, -0.2) is 79.0 Å². The summed E-state index contributed by atoms with van der Waals surface area (Å²) in [5, 5.41) is 8.92. The average molecular weight is 571 g/mol. The fourth-order valence-corrected chi connectivity index (χ4v) is 4.68.